The fourth-order valence-electron chi connectivity index (χ4n) is 3.69. The zero-order chi connectivity index (χ0) is 17.8. The van der Waals surface area contributed by atoms with Gasteiger partial charge in [-0.25, -0.2) is 0 Å². The highest BCUT2D eigenvalue weighted by atomic mass is 16.5. The summed E-state index contributed by atoms with van der Waals surface area (Å²) < 4.78 is 5.42. The maximum absolute atomic E-state index is 12.6. The Morgan fingerprint density at radius 3 is 2.36 bits per heavy atom. The van der Waals surface area contributed by atoms with E-state index in [1.54, 1.807) is 16.9 Å². The molecule has 6 nitrogen and oxygen atoms in total. The van der Waals surface area contributed by atoms with Crippen LogP contribution in [0.3, 0.4) is 0 Å². The highest BCUT2D eigenvalue weighted by molar-refractivity contribution is 6.34. The van der Waals surface area contributed by atoms with Gasteiger partial charge in [0.05, 0.1) is 12.8 Å². The summed E-state index contributed by atoms with van der Waals surface area (Å²) in [6, 6.07) is 7.89. The Bertz CT molecular complexity index is 626. The van der Waals surface area contributed by atoms with E-state index in [0.717, 1.165) is 24.3 Å². The van der Waals surface area contributed by atoms with Crippen molar-refractivity contribution in [3.8, 4) is 5.75 Å². The molecule has 0 bridgehead atoms. The van der Waals surface area contributed by atoms with Gasteiger partial charge in [-0.3, -0.25) is 9.59 Å². The van der Waals surface area contributed by atoms with Crippen molar-refractivity contribution in [1.29, 1.82) is 0 Å². The summed E-state index contributed by atoms with van der Waals surface area (Å²) in [5.74, 6) is 0.625. The first-order valence-corrected chi connectivity index (χ1v) is 9.06. The van der Waals surface area contributed by atoms with Gasteiger partial charge in [-0.15, -0.1) is 0 Å². The quantitative estimate of drug-likeness (QED) is 0.764. The maximum atomic E-state index is 12.6. The predicted molar refractivity (Wildman–Crippen MR) is 96.8 cm³/mol. The van der Waals surface area contributed by atoms with Crippen molar-refractivity contribution in [2.75, 3.05) is 51.3 Å². The standard InChI is InChI=1S/C19H27N3O3/c1-15-6-5-9-22(14-15)19(24)18(23)21-12-10-20(11-13-21)16-7-3-4-8-17(16)25-2/h3-4,7-8,15H,5-6,9-14H2,1-2H3. The van der Waals surface area contributed by atoms with Gasteiger partial charge in [-0.1, -0.05) is 19.1 Å². The van der Waals surface area contributed by atoms with Crippen molar-refractivity contribution < 1.29 is 14.3 Å². The predicted octanol–water partition coefficient (Wildman–Crippen LogP) is 1.60. The number of hydrogen-bond donors (Lipinski definition) is 0. The maximum Gasteiger partial charge on any atom is 0.312 e. The summed E-state index contributed by atoms with van der Waals surface area (Å²) in [4.78, 5) is 30.7. The van der Waals surface area contributed by atoms with E-state index in [9.17, 15) is 9.59 Å². The molecule has 0 N–H and O–H groups in total. The Hall–Kier alpha value is -2.24. The number of nitrogens with zero attached hydrogens (tertiary/aromatic N) is 3. The number of carbonyl (C=O) groups is 2. The van der Waals surface area contributed by atoms with Crippen LogP contribution in [-0.4, -0.2) is 68.0 Å². The molecule has 0 aliphatic carbocycles. The first kappa shape index (κ1) is 17.6. The van der Waals surface area contributed by atoms with Crippen LogP contribution in [-0.2, 0) is 9.59 Å². The monoisotopic (exact) mass is 345 g/mol. The van der Waals surface area contributed by atoms with Gasteiger partial charge < -0.3 is 19.4 Å². The zero-order valence-corrected chi connectivity index (χ0v) is 15.1. The number of ether oxygens (including phenoxy) is 1. The lowest BCUT2D eigenvalue weighted by Gasteiger charge is -2.37. The van der Waals surface area contributed by atoms with Crippen LogP contribution >= 0.6 is 0 Å². The number of methoxy groups -OCH3 is 1. The lowest BCUT2D eigenvalue weighted by Crippen LogP contribution is -2.54. The summed E-state index contributed by atoms with van der Waals surface area (Å²) in [5, 5.41) is 0. The van der Waals surface area contributed by atoms with Crippen molar-refractivity contribution in [3.63, 3.8) is 0 Å². The van der Waals surface area contributed by atoms with Gasteiger partial charge in [0, 0.05) is 39.3 Å². The van der Waals surface area contributed by atoms with Crippen molar-refractivity contribution in [2.45, 2.75) is 19.8 Å². The molecule has 136 valence electrons. The number of rotatable bonds is 2. The van der Waals surface area contributed by atoms with Crippen LogP contribution in [0.1, 0.15) is 19.8 Å². The second-order valence-electron chi connectivity index (χ2n) is 6.95. The lowest BCUT2D eigenvalue weighted by atomic mass is 10.0. The number of amides is 2. The first-order chi connectivity index (χ1) is 12.1. The average Bonchev–Trinajstić information content (AvgIpc) is 2.67. The Labute approximate surface area is 149 Å². The summed E-state index contributed by atoms with van der Waals surface area (Å²) in [5.41, 5.74) is 1.04. The van der Waals surface area contributed by atoms with Gasteiger partial charge in [0.2, 0.25) is 0 Å². The van der Waals surface area contributed by atoms with Crippen LogP contribution in [0.15, 0.2) is 24.3 Å². The number of carbonyl (C=O) groups excluding carboxylic acids is 2. The van der Waals surface area contributed by atoms with Gasteiger partial charge in [-0.05, 0) is 30.9 Å². The SMILES string of the molecule is COc1ccccc1N1CCN(C(=O)C(=O)N2CCCC(C)C2)CC1. The number of piperazine rings is 1. The van der Waals surface area contributed by atoms with E-state index in [1.807, 2.05) is 24.3 Å². The molecule has 2 aliphatic heterocycles. The minimum Gasteiger partial charge on any atom is -0.495 e. The highest BCUT2D eigenvalue weighted by Gasteiger charge is 2.31. The van der Waals surface area contributed by atoms with Gasteiger partial charge in [0.1, 0.15) is 5.75 Å². The van der Waals surface area contributed by atoms with E-state index < -0.39 is 0 Å². The van der Waals surface area contributed by atoms with Gasteiger partial charge in [0.15, 0.2) is 0 Å². The number of benzene rings is 1. The molecule has 2 amide bonds. The summed E-state index contributed by atoms with van der Waals surface area (Å²) >= 11 is 0. The summed E-state index contributed by atoms with van der Waals surface area (Å²) in [6.07, 6.45) is 2.12. The van der Waals surface area contributed by atoms with Gasteiger partial charge >= 0.3 is 11.8 Å². The third-order valence-electron chi connectivity index (χ3n) is 5.12. The van der Waals surface area contributed by atoms with Crippen molar-refractivity contribution in [3.05, 3.63) is 24.3 Å². The van der Waals surface area contributed by atoms with E-state index in [2.05, 4.69) is 11.8 Å². The Morgan fingerprint density at radius 1 is 1.00 bits per heavy atom. The average molecular weight is 345 g/mol. The Morgan fingerprint density at radius 2 is 1.68 bits per heavy atom. The molecule has 2 aliphatic rings. The van der Waals surface area contributed by atoms with E-state index in [-0.39, 0.29) is 11.8 Å². The third-order valence-corrected chi connectivity index (χ3v) is 5.12. The summed E-state index contributed by atoms with van der Waals surface area (Å²) in [7, 11) is 1.66. The number of hydrogen-bond acceptors (Lipinski definition) is 4. The van der Waals surface area contributed by atoms with E-state index >= 15 is 0 Å². The molecule has 1 unspecified atom stereocenters. The van der Waals surface area contributed by atoms with Crippen molar-refractivity contribution in [1.82, 2.24) is 9.80 Å². The smallest absolute Gasteiger partial charge is 0.312 e. The van der Waals surface area contributed by atoms with Crippen LogP contribution < -0.4 is 9.64 Å². The number of piperidine rings is 1. The Balaban J connectivity index is 1.58. The molecule has 2 saturated heterocycles. The zero-order valence-electron chi connectivity index (χ0n) is 15.1. The largest absolute Gasteiger partial charge is 0.495 e. The number of likely N-dealkylation sites (tertiary alicyclic amines) is 1. The molecule has 25 heavy (non-hydrogen) atoms. The lowest BCUT2D eigenvalue weighted by molar-refractivity contribution is -0.153. The minimum atomic E-state index is -0.353. The third kappa shape index (κ3) is 3.89. The second kappa shape index (κ2) is 7.76. The molecule has 0 radical (unpaired) electrons. The molecule has 2 fully saturated rings. The Kier molecular flexibility index (Phi) is 5.46. The van der Waals surface area contributed by atoms with E-state index in [1.165, 1.54) is 0 Å². The number of anilines is 1. The van der Waals surface area contributed by atoms with E-state index in [0.29, 0.717) is 45.2 Å². The van der Waals surface area contributed by atoms with E-state index in [4.69, 9.17) is 4.74 Å². The topological polar surface area (TPSA) is 53.1 Å². The minimum absolute atomic E-state index is 0.336. The van der Waals surface area contributed by atoms with Crippen LogP contribution in [0.5, 0.6) is 5.75 Å². The molecule has 1 aromatic carbocycles. The molecule has 2 heterocycles. The molecule has 1 aromatic rings. The van der Waals surface area contributed by atoms with Crippen LogP contribution in [0.2, 0.25) is 0 Å². The fourth-order valence-corrected chi connectivity index (χ4v) is 3.69. The van der Waals surface area contributed by atoms with Crippen LogP contribution in [0.4, 0.5) is 5.69 Å². The van der Waals surface area contributed by atoms with Crippen LogP contribution in [0, 0.1) is 5.92 Å². The molecule has 3 rings (SSSR count). The van der Waals surface area contributed by atoms with Gasteiger partial charge in [-0.2, -0.15) is 0 Å². The molecular weight excluding hydrogens is 318 g/mol. The van der Waals surface area contributed by atoms with Crippen molar-refractivity contribution >= 4 is 17.5 Å². The summed E-state index contributed by atoms with van der Waals surface area (Å²) in [6.45, 7) is 6.07. The molecular formula is C19H27N3O3. The highest BCUT2D eigenvalue weighted by Crippen LogP contribution is 2.28. The van der Waals surface area contributed by atoms with Crippen molar-refractivity contribution in [2.24, 2.45) is 5.92 Å². The normalized spacial score (nSPS) is 21.2. The first-order valence-electron chi connectivity index (χ1n) is 9.06. The van der Waals surface area contributed by atoms with Crippen LogP contribution in [0.25, 0.3) is 0 Å². The molecule has 6 heteroatoms. The molecule has 0 aromatic heterocycles. The molecule has 0 spiro atoms. The number of para-hydroxylation sites is 2. The molecule has 0 saturated carbocycles. The van der Waals surface area contributed by atoms with Gasteiger partial charge in [0.25, 0.3) is 0 Å². The second-order valence-corrected chi connectivity index (χ2v) is 6.95. The molecule has 1 atom stereocenters. The fraction of sp³-hybridized carbons (Fsp3) is 0.579.